The fraction of sp³-hybridized carbons (Fsp3) is 0.0909. The molecule has 0 fully saturated rings. The second kappa shape index (κ2) is 4.37. The lowest BCUT2D eigenvalue weighted by Gasteiger charge is -2.00. The molecule has 5 heteroatoms. The van der Waals surface area contributed by atoms with Crippen LogP contribution in [0.15, 0.2) is 34.9 Å². The first-order valence-electron chi connectivity index (χ1n) is 4.57. The summed E-state index contributed by atoms with van der Waals surface area (Å²) in [6.07, 6.45) is 0. The summed E-state index contributed by atoms with van der Waals surface area (Å²) < 4.78 is 9.76. The molecule has 0 radical (unpaired) electrons. The molecule has 0 atom stereocenters. The Hall–Kier alpha value is -1.81. The summed E-state index contributed by atoms with van der Waals surface area (Å²) in [7, 11) is 0. The maximum Gasteiger partial charge on any atom is 0.345 e. The summed E-state index contributed by atoms with van der Waals surface area (Å²) in [5.41, 5.74) is 0.945. The largest absolute Gasteiger partial charge is 0.387 e. The van der Waals surface area contributed by atoms with Gasteiger partial charge in [-0.15, -0.1) is 0 Å². The summed E-state index contributed by atoms with van der Waals surface area (Å²) in [4.78, 5) is 11.6. The smallest absolute Gasteiger partial charge is 0.345 e. The van der Waals surface area contributed by atoms with Crippen LogP contribution in [0.5, 0.6) is 5.95 Å². The quantitative estimate of drug-likeness (QED) is 0.754. The van der Waals surface area contributed by atoms with E-state index in [-0.39, 0.29) is 11.1 Å². The van der Waals surface area contributed by atoms with Crippen molar-refractivity contribution in [1.29, 1.82) is 0 Å². The van der Waals surface area contributed by atoms with E-state index in [0.717, 1.165) is 0 Å². The number of ether oxygens (including phenoxy) is 1. The topological polar surface area (TPSA) is 52.3 Å². The lowest BCUT2D eigenvalue weighted by Crippen LogP contribution is -2.08. The summed E-state index contributed by atoms with van der Waals surface area (Å²) in [6.45, 7) is 1.66. The van der Waals surface area contributed by atoms with Gasteiger partial charge in [0.25, 0.3) is 0 Å². The van der Waals surface area contributed by atoms with Crippen LogP contribution in [0, 0.1) is 6.92 Å². The molecule has 0 amide bonds. The number of carbonyl (C=O) groups is 1. The molecule has 0 spiro atoms. The minimum atomic E-state index is -0.503. The van der Waals surface area contributed by atoms with Crippen LogP contribution in [0.1, 0.15) is 15.9 Å². The maximum atomic E-state index is 11.6. The van der Waals surface area contributed by atoms with E-state index in [1.807, 2.05) is 6.07 Å². The number of aromatic nitrogens is 1. The number of benzene rings is 1. The predicted molar refractivity (Wildman–Crippen MR) is 57.7 cm³/mol. The average Bonchev–Trinajstić information content (AvgIpc) is 2.62. The van der Waals surface area contributed by atoms with Gasteiger partial charge in [-0.3, -0.25) is 0 Å². The van der Waals surface area contributed by atoms with E-state index in [4.69, 9.17) is 20.9 Å². The highest BCUT2D eigenvalue weighted by atomic mass is 35.5. The molecule has 0 saturated carbocycles. The van der Waals surface area contributed by atoms with Gasteiger partial charge in [0.1, 0.15) is 0 Å². The zero-order valence-electron chi connectivity index (χ0n) is 8.44. The van der Waals surface area contributed by atoms with E-state index in [2.05, 4.69) is 5.16 Å². The zero-order chi connectivity index (χ0) is 11.5. The lowest BCUT2D eigenvalue weighted by atomic mass is 10.2. The van der Waals surface area contributed by atoms with E-state index in [1.54, 1.807) is 31.2 Å². The number of hydrogen-bond donors (Lipinski definition) is 0. The molecule has 1 aromatic carbocycles. The number of halogens is 1. The molecular formula is C11H8ClNO3. The number of esters is 1. The molecule has 82 valence electrons. The van der Waals surface area contributed by atoms with Crippen molar-refractivity contribution in [3.05, 3.63) is 46.6 Å². The first kappa shape index (κ1) is 10.7. The van der Waals surface area contributed by atoms with Crippen LogP contribution >= 0.6 is 11.6 Å². The van der Waals surface area contributed by atoms with E-state index < -0.39 is 5.97 Å². The van der Waals surface area contributed by atoms with Crippen molar-refractivity contribution in [2.45, 2.75) is 6.92 Å². The summed E-state index contributed by atoms with van der Waals surface area (Å²) in [5, 5.41) is 3.67. The summed E-state index contributed by atoms with van der Waals surface area (Å²) in [6, 6.07) is 8.60. The predicted octanol–water partition coefficient (Wildman–Crippen LogP) is 2.86. The van der Waals surface area contributed by atoms with Gasteiger partial charge < -0.3 is 9.26 Å². The maximum absolute atomic E-state index is 11.6. The van der Waals surface area contributed by atoms with Gasteiger partial charge in [-0.25, -0.2) is 4.79 Å². The van der Waals surface area contributed by atoms with Gasteiger partial charge >= 0.3 is 11.9 Å². The molecule has 0 saturated heterocycles. The molecule has 0 unspecified atom stereocenters. The normalized spacial score (nSPS) is 10.1. The van der Waals surface area contributed by atoms with E-state index in [9.17, 15) is 4.79 Å². The molecule has 1 heterocycles. The minimum absolute atomic E-state index is 0.0267. The number of carbonyl (C=O) groups excluding carboxylic acids is 1. The van der Waals surface area contributed by atoms with Crippen LogP contribution in [0.2, 0.25) is 5.15 Å². The molecule has 0 N–H and O–H groups in total. The fourth-order valence-electron chi connectivity index (χ4n) is 1.12. The molecule has 2 rings (SSSR count). The standard InChI is InChI=1S/C11H8ClNO3/c1-7-9(12)13-16-11(7)15-10(14)8-5-3-2-4-6-8/h2-6H,1H3. The third-order valence-electron chi connectivity index (χ3n) is 2.02. The molecule has 4 nitrogen and oxygen atoms in total. The van der Waals surface area contributed by atoms with Crippen molar-refractivity contribution in [1.82, 2.24) is 5.16 Å². The average molecular weight is 238 g/mol. The van der Waals surface area contributed by atoms with Crippen molar-refractivity contribution in [3.8, 4) is 5.95 Å². The van der Waals surface area contributed by atoms with Gasteiger partial charge in [0.15, 0.2) is 5.15 Å². The first-order chi connectivity index (χ1) is 7.68. The number of rotatable bonds is 2. The van der Waals surface area contributed by atoms with Crippen LogP contribution < -0.4 is 4.74 Å². The highest BCUT2D eigenvalue weighted by Crippen LogP contribution is 2.25. The van der Waals surface area contributed by atoms with Crippen LogP contribution in [0.25, 0.3) is 0 Å². The minimum Gasteiger partial charge on any atom is -0.387 e. The number of hydrogen-bond acceptors (Lipinski definition) is 4. The Kier molecular flexibility index (Phi) is 2.92. The SMILES string of the molecule is Cc1c(Cl)noc1OC(=O)c1ccccc1. The molecule has 0 aliphatic carbocycles. The van der Waals surface area contributed by atoms with Crippen LogP contribution in [-0.4, -0.2) is 11.1 Å². The van der Waals surface area contributed by atoms with Gasteiger partial charge in [0.05, 0.1) is 11.1 Å². The Labute approximate surface area is 96.8 Å². The molecule has 0 aliphatic rings. The van der Waals surface area contributed by atoms with Crippen molar-refractivity contribution in [2.24, 2.45) is 0 Å². The highest BCUT2D eigenvalue weighted by molar-refractivity contribution is 6.30. The van der Waals surface area contributed by atoms with Gasteiger partial charge in [0, 0.05) is 0 Å². The zero-order valence-corrected chi connectivity index (χ0v) is 9.19. The van der Waals surface area contributed by atoms with Gasteiger partial charge in [-0.2, -0.15) is 0 Å². The molecule has 16 heavy (non-hydrogen) atoms. The molecule has 0 bridgehead atoms. The Morgan fingerprint density at radius 2 is 2.06 bits per heavy atom. The summed E-state index contributed by atoms with van der Waals surface area (Å²) in [5.74, 6) is -0.477. The second-order valence-corrected chi connectivity index (χ2v) is 3.50. The summed E-state index contributed by atoms with van der Waals surface area (Å²) >= 11 is 5.66. The van der Waals surface area contributed by atoms with Crippen molar-refractivity contribution in [3.63, 3.8) is 0 Å². The van der Waals surface area contributed by atoms with E-state index >= 15 is 0 Å². The Bertz CT molecular complexity index is 507. The van der Waals surface area contributed by atoms with Gasteiger partial charge in [0.2, 0.25) is 0 Å². The fourth-order valence-corrected chi connectivity index (χ4v) is 1.23. The van der Waals surface area contributed by atoms with Crippen molar-refractivity contribution in [2.75, 3.05) is 0 Å². The monoisotopic (exact) mass is 237 g/mol. The number of nitrogens with zero attached hydrogens (tertiary/aromatic N) is 1. The van der Waals surface area contributed by atoms with Crippen molar-refractivity contribution >= 4 is 17.6 Å². The van der Waals surface area contributed by atoms with E-state index in [1.165, 1.54) is 0 Å². The van der Waals surface area contributed by atoms with Gasteiger partial charge in [-0.05, 0) is 19.1 Å². The third-order valence-corrected chi connectivity index (χ3v) is 2.37. The Morgan fingerprint density at radius 3 is 2.62 bits per heavy atom. The van der Waals surface area contributed by atoms with Gasteiger partial charge in [-0.1, -0.05) is 35.0 Å². The first-order valence-corrected chi connectivity index (χ1v) is 4.95. The van der Waals surface area contributed by atoms with Crippen LogP contribution in [0.4, 0.5) is 0 Å². The third kappa shape index (κ3) is 2.06. The Morgan fingerprint density at radius 1 is 1.38 bits per heavy atom. The second-order valence-electron chi connectivity index (χ2n) is 3.14. The lowest BCUT2D eigenvalue weighted by molar-refractivity contribution is 0.0678. The molecular weight excluding hydrogens is 230 g/mol. The molecule has 1 aromatic heterocycles. The molecule has 2 aromatic rings. The van der Waals surface area contributed by atoms with Crippen LogP contribution in [-0.2, 0) is 0 Å². The highest BCUT2D eigenvalue weighted by Gasteiger charge is 2.16. The van der Waals surface area contributed by atoms with Crippen molar-refractivity contribution < 1.29 is 14.1 Å². The van der Waals surface area contributed by atoms with E-state index in [0.29, 0.717) is 11.1 Å². The Balaban J connectivity index is 2.17. The molecule has 0 aliphatic heterocycles. The van der Waals surface area contributed by atoms with Crippen LogP contribution in [0.3, 0.4) is 0 Å².